The van der Waals surface area contributed by atoms with Gasteiger partial charge >= 0.3 is 0 Å². The second-order valence-electron chi connectivity index (χ2n) is 5.50. The van der Waals surface area contributed by atoms with Gasteiger partial charge in [-0.3, -0.25) is 0 Å². The van der Waals surface area contributed by atoms with E-state index in [1.54, 1.807) is 0 Å². The first-order valence-corrected chi connectivity index (χ1v) is 5.85. The highest BCUT2D eigenvalue weighted by molar-refractivity contribution is 4.80. The third kappa shape index (κ3) is 3.58. The van der Waals surface area contributed by atoms with Gasteiger partial charge in [0.2, 0.25) is 0 Å². The van der Waals surface area contributed by atoms with Crippen molar-refractivity contribution in [2.45, 2.75) is 52.6 Å². The highest BCUT2D eigenvalue weighted by Gasteiger charge is 2.29. The Balaban J connectivity index is 2.24. The molecule has 0 amide bonds. The third-order valence-electron chi connectivity index (χ3n) is 3.37. The van der Waals surface area contributed by atoms with E-state index < -0.39 is 0 Å². The molecule has 1 aliphatic rings. The smallest absolute Gasteiger partial charge is 0.0592 e. The third-order valence-corrected chi connectivity index (χ3v) is 3.37. The van der Waals surface area contributed by atoms with Crippen LogP contribution >= 0.6 is 0 Å². The van der Waals surface area contributed by atoms with Crippen molar-refractivity contribution in [2.24, 2.45) is 17.1 Å². The van der Waals surface area contributed by atoms with Crippen LogP contribution in [0.3, 0.4) is 0 Å². The van der Waals surface area contributed by atoms with Gasteiger partial charge in [-0.05, 0) is 37.0 Å². The van der Waals surface area contributed by atoms with Crippen LogP contribution in [0.4, 0.5) is 0 Å². The first-order valence-electron chi connectivity index (χ1n) is 5.85. The van der Waals surface area contributed by atoms with E-state index in [0.29, 0.717) is 18.1 Å². The SMILES string of the molecule is CC(C)(C)C1CCC(OCCN)CC1. The first kappa shape index (κ1) is 12.0. The topological polar surface area (TPSA) is 35.2 Å². The van der Waals surface area contributed by atoms with Gasteiger partial charge in [-0.2, -0.15) is 0 Å². The lowest BCUT2D eigenvalue weighted by Gasteiger charge is -2.36. The molecule has 0 aromatic heterocycles. The van der Waals surface area contributed by atoms with Crippen molar-refractivity contribution >= 4 is 0 Å². The summed E-state index contributed by atoms with van der Waals surface area (Å²) in [7, 11) is 0. The van der Waals surface area contributed by atoms with Crippen LogP contribution < -0.4 is 5.73 Å². The molecule has 1 saturated carbocycles. The van der Waals surface area contributed by atoms with Crippen LogP contribution in [0.15, 0.2) is 0 Å². The molecule has 1 rings (SSSR count). The van der Waals surface area contributed by atoms with E-state index in [2.05, 4.69) is 20.8 Å². The van der Waals surface area contributed by atoms with Gasteiger partial charge in [0.15, 0.2) is 0 Å². The largest absolute Gasteiger partial charge is 0.377 e. The van der Waals surface area contributed by atoms with Gasteiger partial charge in [0.25, 0.3) is 0 Å². The molecule has 0 bridgehead atoms. The predicted octanol–water partition coefficient (Wildman–Crippen LogP) is 2.57. The van der Waals surface area contributed by atoms with Gasteiger partial charge in [-0.15, -0.1) is 0 Å². The van der Waals surface area contributed by atoms with Crippen LogP contribution in [0.5, 0.6) is 0 Å². The number of hydrogen-bond donors (Lipinski definition) is 1. The molecule has 0 aromatic rings. The van der Waals surface area contributed by atoms with Crippen molar-refractivity contribution in [3.8, 4) is 0 Å². The molecule has 14 heavy (non-hydrogen) atoms. The molecule has 0 spiro atoms. The van der Waals surface area contributed by atoms with Crippen molar-refractivity contribution in [3.63, 3.8) is 0 Å². The molecule has 2 heteroatoms. The molecule has 0 radical (unpaired) electrons. The van der Waals surface area contributed by atoms with Crippen LogP contribution in [0.2, 0.25) is 0 Å². The lowest BCUT2D eigenvalue weighted by atomic mass is 9.72. The minimum absolute atomic E-state index is 0.471. The maximum atomic E-state index is 5.67. The number of rotatable bonds is 3. The zero-order chi connectivity index (χ0) is 10.6. The molecule has 0 aromatic carbocycles. The minimum Gasteiger partial charge on any atom is -0.377 e. The molecule has 0 saturated heterocycles. The Morgan fingerprint density at radius 2 is 1.71 bits per heavy atom. The summed E-state index contributed by atoms with van der Waals surface area (Å²) in [6.45, 7) is 8.42. The van der Waals surface area contributed by atoms with E-state index in [9.17, 15) is 0 Å². The van der Waals surface area contributed by atoms with Crippen LogP contribution in [0, 0.1) is 11.3 Å². The number of ether oxygens (including phenoxy) is 1. The van der Waals surface area contributed by atoms with Gasteiger partial charge in [0, 0.05) is 6.54 Å². The maximum absolute atomic E-state index is 5.67. The standard InChI is InChI=1S/C12H25NO/c1-12(2,3)10-4-6-11(7-5-10)14-9-8-13/h10-11H,4-9,13H2,1-3H3. The van der Waals surface area contributed by atoms with E-state index >= 15 is 0 Å². The fraction of sp³-hybridized carbons (Fsp3) is 1.00. The lowest BCUT2D eigenvalue weighted by Crippen LogP contribution is -2.30. The normalized spacial score (nSPS) is 29.1. The number of hydrogen-bond acceptors (Lipinski definition) is 2. The molecule has 0 unspecified atom stereocenters. The van der Waals surface area contributed by atoms with Gasteiger partial charge in [-0.25, -0.2) is 0 Å². The fourth-order valence-electron chi connectivity index (χ4n) is 2.33. The molecule has 1 aliphatic carbocycles. The number of nitrogens with two attached hydrogens (primary N) is 1. The first-order chi connectivity index (χ1) is 6.54. The van der Waals surface area contributed by atoms with Crippen LogP contribution in [0.25, 0.3) is 0 Å². The van der Waals surface area contributed by atoms with E-state index in [1.807, 2.05) is 0 Å². The Labute approximate surface area is 88.2 Å². The summed E-state index contributed by atoms with van der Waals surface area (Å²) < 4.78 is 5.67. The van der Waals surface area contributed by atoms with E-state index in [0.717, 1.165) is 12.5 Å². The van der Waals surface area contributed by atoms with Gasteiger partial charge in [-0.1, -0.05) is 20.8 Å². The second-order valence-corrected chi connectivity index (χ2v) is 5.50. The highest BCUT2D eigenvalue weighted by atomic mass is 16.5. The van der Waals surface area contributed by atoms with Crippen LogP contribution in [0.1, 0.15) is 46.5 Å². The molecule has 0 aliphatic heterocycles. The molecule has 2 nitrogen and oxygen atoms in total. The summed E-state index contributed by atoms with van der Waals surface area (Å²) >= 11 is 0. The zero-order valence-corrected chi connectivity index (χ0v) is 9.88. The zero-order valence-electron chi connectivity index (χ0n) is 9.88. The Bertz CT molecular complexity index is 154. The van der Waals surface area contributed by atoms with Crippen LogP contribution in [-0.4, -0.2) is 19.3 Å². The molecule has 84 valence electrons. The maximum Gasteiger partial charge on any atom is 0.0592 e. The summed E-state index contributed by atoms with van der Waals surface area (Å²) in [5.41, 5.74) is 5.89. The lowest BCUT2D eigenvalue weighted by molar-refractivity contribution is 0.00755. The molecular weight excluding hydrogens is 174 g/mol. The summed E-state index contributed by atoms with van der Waals surface area (Å²) in [5, 5.41) is 0. The van der Waals surface area contributed by atoms with Crippen LogP contribution in [-0.2, 0) is 4.74 Å². The van der Waals surface area contributed by atoms with Gasteiger partial charge in [0.1, 0.15) is 0 Å². The van der Waals surface area contributed by atoms with Crippen molar-refractivity contribution in [1.82, 2.24) is 0 Å². The predicted molar refractivity (Wildman–Crippen MR) is 60.2 cm³/mol. The molecule has 2 N–H and O–H groups in total. The fourth-order valence-corrected chi connectivity index (χ4v) is 2.33. The van der Waals surface area contributed by atoms with Crippen molar-refractivity contribution in [2.75, 3.05) is 13.2 Å². The Morgan fingerprint density at radius 3 is 2.14 bits per heavy atom. The van der Waals surface area contributed by atoms with E-state index in [-0.39, 0.29) is 0 Å². The summed E-state index contributed by atoms with van der Waals surface area (Å²) in [5.74, 6) is 0.875. The second kappa shape index (κ2) is 5.13. The van der Waals surface area contributed by atoms with E-state index in [1.165, 1.54) is 25.7 Å². The Hall–Kier alpha value is -0.0800. The molecule has 0 atom stereocenters. The minimum atomic E-state index is 0.471. The Morgan fingerprint density at radius 1 is 1.14 bits per heavy atom. The quantitative estimate of drug-likeness (QED) is 0.758. The van der Waals surface area contributed by atoms with E-state index in [4.69, 9.17) is 10.5 Å². The summed E-state index contributed by atoms with van der Waals surface area (Å²) in [6.07, 6.45) is 5.57. The van der Waals surface area contributed by atoms with Crippen molar-refractivity contribution in [1.29, 1.82) is 0 Å². The van der Waals surface area contributed by atoms with Crippen molar-refractivity contribution < 1.29 is 4.74 Å². The average Bonchev–Trinajstić information content (AvgIpc) is 2.14. The molecular formula is C12H25NO. The monoisotopic (exact) mass is 199 g/mol. The van der Waals surface area contributed by atoms with Gasteiger partial charge < -0.3 is 10.5 Å². The summed E-state index contributed by atoms with van der Waals surface area (Å²) in [4.78, 5) is 0. The van der Waals surface area contributed by atoms with Gasteiger partial charge in [0.05, 0.1) is 12.7 Å². The Kier molecular flexibility index (Phi) is 4.39. The molecule has 0 heterocycles. The summed E-state index contributed by atoms with van der Waals surface area (Å²) in [6, 6.07) is 0. The molecule has 1 fully saturated rings. The average molecular weight is 199 g/mol. The highest BCUT2D eigenvalue weighted by Crippen LogP contribution is 2.38. The van der Waals surface area contributed by atoms with Crippen molar-refractivity contribution in [3.05, 3.63) is 0 Å².